The molecule has 1 aromatic carbocycles. The minimum Gasteiger partial charge on any atom is -0.652 e. The molecule has 2 radical (unpaired) electrons. The maximum absolute atomic E-state index is 8.33. The topological polar surface area (TPSA) is 63.2 Å². The van der Waals surface area contributed by atoms with Gasteiger partial charge < -0.3 is 15.0 Å². The van der Waals surface area contributed by atoms with Crippen molar-refractivity contribution in [3.05, 3.63) is 29.8 Å². The predicted octanol–water partition coefficient (Wildman–Crippen LogP) is -1.66. The van der Waals surface area contributed by atoms with Gasteiger partial charge in [-0.3, -0.25) is 0 Å². The van der Waals surface area contributed by atoms with Gasteiger partial charge >= 0.3 is 64.7 Å². The number of carboxylic acid groups (broad SMARTS) is 2. The van der Waals surface area contributed by atoms with Crippen LogP contribution in [0, 0.1) is 6.92 Å². The third-order valence-electron chi connectivity index (χ3n) is 1.03. The van der Waals surface area contributed by atoms with E-state index < -0.39 is 6.16 Å². The van der Waals surface area contributed by atoms with Crippen LogP contribution in [0.2, 0.25) is 0 Å². The van der Waals surface area contributed by atoms with E-state index in [-0.39, 0.29) is 0 Å². The smallest absolute Gasteiger partial charge is 0.0431 e. The van der Waals surface area contributed by atoms with Crippen molar-refractivity contribution in [3.8, 4) is 0 Å². The number of carbonyl (C=O) groups excluding carboxylic acids is 1. The van der Waals surface area contributed by atoms with Gasteiger partial charge in [-0.1, -0.05) is 0 Å². The molecule has 0 spiro atoms. The van der Waals surface area contributed by atoms with Gasteiger partial charge in [-0.05, 0) is 6.16 Å². The molecule has 0 aliphatic heterocycles. The third kappa shape index (κ3) is 7.48. The van der Waals surface area contributed by atoms with Crippen LogP contribution >= 0.6 is 0 Å². The molecule has 0 saturated carbocycles. The van der Waals surface area contributed by atoms with Crippen molar-refractivity contribution in [2.45, 2.75) is 6.92 Å². The summed E-state index contributed by atoms with van der Waals surface area (Å²) in [6.45, 7) is 2.11. The summed E-state index contributed by atoms with van der Waals surface area (Å²) < 4.78 is 1.44. The van der Waals surface area contributed by atoms with Crippen molar-refractivity contribution in [1.82, 2.24) is 0 Å². The quantitative estimate of drug-likeness (QED) is 0.521. The van der Waals surface area contributed by atoms with E-state index in [0.717, 1.165) is 0 Å². The first-order chi connectivity index (χ1) is 5.52. The van der Waals surface area contributed by atoms with E-state index in [1.807, 2.05) is 0 Å². The monoisotopic (exact) mass is 360 g/mol. The second-order valence-corrected chi connectivity index (χ2v) is 4.09. The molecule has 0 amide bonds. The van der Waals surface area contributed by atoms with E-state index in [4.69, 9.17) is 15.0 Å². The van der Waals surface area contributed by atoms with Gasteiger partial charge in [0, 0.05) is 0 Å². The predicted molar refractivity (Wildman–Crippen MR) is 42.0 cm³/mol. The van der Waals surface area contributed by atoms with Gasteiger partial charge in [0.25, 0.3) is 0 Å². The van der Waals surface area contributed by atoms with E-state index in [1.165, 1.54) is 33.6 Å². The van der Waals surface area contributed by atoms with Crippen molar-refractivity contribution in [2.75, 3.05) is 0 Å². The molecule has 0 bridgehead atoms. The molecular formula is C8H7BiO3. The fraction of sp³-hybridized carbons (Fsp3) is 0.125. The van der Waals surface area contributed by atoms with E-state index in [2.05, 4.69) is 31.2 Å². The molecule has 0 aliphatic carbocycles. The van der Waals surface area contributed by atoms with Crippen LogP contribution in [0.4, 0.5) is 4.79 Å². The van der Waals surface area contributed by atoms with Crippen LogP contribution in [-0.2, 0) is 0 Å². The number of hydrogen-bond donors (Lipinski definition) is 0. The minimum absolute atomic E-state index is 1.35. The second kappa shape index (κ2) is 5.95. The van der Waals surface area contributed by atoms with Crippen LogP contribution in [0.25, 0.3) is 0 Å². The minimum atomic E-state index is -2.33. The molecule has 0 heterocycles. The third-order valence-corrected chi connectivity index (χ3v) is 2.19. The van der Waals surface area contributed by atoms with Crippen molar-refractivity contribution in [3.63, 3.8) is 0 Å². The Hall–Kier alpha value is -0.627. The summed E-state index contributed by atoms with van der Waals surface area (Å²) in [5, 5.41) is 16.7. The summed E-state index contributed by atoms with van der Waals surface area (Å²) in [4.78, 5) is 8.33. The van der Waals surface area contributed by atoms with Gasteiger partial charge in [0.1, 0.15) is 0 Å². The van der Waals surface area contributed by atoms with Crippen LogP contribution in [0.3, 0.4) is 0 Å². The second-order valence-electron chi connectivity index (χ2n) is 2.09. The molecule has 0 saturated heterocycles. The Balaban J connectivity index is 0.000000261. The molecule has 4 heteroatoms. The molecule has 0 fully saturated rings. The average Bonchev–Trinajstić information content (AvgIpc) is 1.94. The molecule has 62 valence electrons. The van der Waals surface area contributed by atoms with Gasteiger partial charge in [0.05, 0.1) is 0 Å². The summed E-state index contributed by atoms with van der Waals surface area (Å²) in [5.41, 5.74) is 1.35. The molecule has 3 nitrogen and oxygen atoms in total. The zero-order valence-electron chi connectivity index (χ0n) is 6.48. The molecule has 0 atom stereocenters. The van der Waals surface area contributed by atoms with Crippen LogP contribution in [0.15, 0.2) is 24.3 Å². The fourth-order valence-electron chi connectivity index (χ4n) is 0.545. The number of rotatable bonds is 0. The largest absolute Gasteiger partial charge is 0.652 e. The standard InChI is InChI=1S/C7H7.CH2O3.Bi/c1-7-5-3-2-4-6-7;2-1(3)4;/h3-6H,1H3;(H2,2,3,4);/q;;+2/p-2. The van der Waals surface area contributed by atoms with Crippen molar-refractivity contribution in [1.29, 1.82) is 0 Å². The molecule has 0 unspecified atom stereocenters. The van der Waals surface area contributed by atoms with Crippen molar-refractivity contribution in [2.24, 2.45) is 0 Å². The zero-order chi connectivity index (χ0) is 9.56. The first-order valence-corrected chi connectivity index (χ1v) is 4.90. The van der Waals surface area contributed by atoms with E-state index >= 15 is 0 Å². The normalized spacial score (nSPS) is 8.08. The first-order valence-electron chi connectivity index (χ1n) is 3.16. The molecule has 0 aromatic heterocycles. The zero-order valence-corrected chi connectivity index (χ0v) is 9.96. The first kappa shape index (κ1) is 11.4. The molecule has 0 aliphatic rings. The van der Waals surface area contributed by atoms with Gasteiger partial charge in [0.15, 0.2) is 0 Å². The fourth-order valence-corrected chi connectivity index (χ4v) is 1.12. The Morgan fingerprint density at radius 1 is 1.25 bits per heavy atom. The molecular weight excluding hydrogens is 353 g/mol. The Morgan fingerprint density at radius 2 is 1.58 bits per heavy atom. The SMILES string of the molecule is Cc1cc[c]([Bi+2])cc1.O=C([O-])[O-]. The molecule has 12 heavy (non-hydrogen) atoms. The van der Waals surface area contributed by atoms with Crippen molar-refractivity contribution >= 4 is 34.1 Å². The number of carbonyl (C=O) groups is 1. The van der Waals surface area contributed by atoms with Gasteiger partial charge in [-0.15, -0.1) is 0 Å². The van der Waals surface area contributed by atoms with Gasteiger partial charge in [0.2, 0.25) is 0 Å². The van der Waals surface area contributed by atoms with E-state index in [1.54, 1.807) is 0 Å². The Bertz CT molecular complexity index is 218. The summed E-state index contributed by atoms with van der Waals surface area (Å²) in [5.74, 6) is 0. The van der Waals surface area contributed by atoms with Gasteiger partial charge in [-0.25, -0.2) is 0 Å². The summed E-state index contributed by atoms with van der Waals surface area (Å²) >= 11 is 1.36. The van der Waals surface area contributed by atoms with Gasteiger partial charge in [-0.2, -0.15) is 0 Å². The van der Waals surface area contributed by atoms with Crippen LogP contribution < -0.4 is 13.5 Å². The van der Waals surface area contributed by atoms with E-state index in [9.17, 15) is 0 Å². The summed E-state index contributed by atoms with van der Waals surface area (Å²) in [6, 6.07) is 8.64. The number of hydrogen-bond acceptors (Lipinski definition) is 3. The molecule has 1 rings (SSSR count). The maximum Gasteiger partial charge on any atom is -0.0431 e. The maximum atomic E-state index is 8.33. The Kier molecular flexibility index (Phi) is 5.64. The summed E-state index contributed by atoms with van der Waals surface area (Å²) in [6.07, 6.45) is -2.33. The Morgan fingerprint density at radius 3 is 1.83 bits per heavy atom. The number of benzene rings is 1. The van der Waals surface area contributed by atoms with Crippen LogP contribution in [0.1, 0.15) is 5.56 Å². The average molecular weight is 360 g/mol. The van der Waals surface area contributed by atoms with Crippen LogP contribution in [0.5, 0.6) is 0 Å². The van der Waals surface area contributed by atoms with Crippen LogP contribution in [-0.4, -0.2) is 30.9 Å². The molecule has 0 N–H and O–H groups in total. The Labute approximate surface area is 85.9 Å². The van der Waals surface area contributed by atoms with Crippen molar-refractivity contribution < 1.29 is 15.0 Å². The van der Waals surface area contributed by atoms with E-state index in [0.29, 0.717) is 0 Å². The molecule has 1 aromatic rings. The summed E-state index contributed by atoms with van der Waals surface area (Å²) in [7, 11) is 0. The number of aryl methyl sites for hydroxylation is 1.